The molecule has 1 aromatic carbocycles. The number of aromatic nitrogens is 2. The van der Waals surface area contributed by atoms with Crippen molar-refractivity contribution >= 4 is 7.82 Å². The first-order valence-corrected chi connectivity index (χ1v) is 10.1. The van der Waals surface area contributed by atoms with Crippen molar-refractivity contribution in [1.82, 2.24) is 9.55 Å². The second-order valence-corrected chi connectivity index (χ2v) is 8.26. The number of hydrogen-bond donors (Lipinski definition) is 2. The number of hydrogen-bond acceptors (Lipinski definition) is 8. The van der Waals surface area contributed by atoms with Gasteiger partial charge in [0.1, 0.15) is 24.2 Å². The molecule has 3 heterocycles. The fraction of sp³-hybridized carbons (Fsp3) is 0.412. The Bertz CT molecular complexity index is 1240. The number of ether oxygens (including phenoxy) is 1. The largest absolute Gasteiger partial charge is 0.530 e. The number of rotatable bonds is 4. The van der Waals surface area contributed by atoms with E-state index in [2.05, 4.69) is 0 Å². The molecule has 0 bridgehead atoms. The first-order valence-electron chi connectivity index (χ1n) is 9.63. The molecule has 162 valence electrons. The van der Waals surface area contributed by atoms with Gasteiger partial charge in [0.2, 0.25) is 5.85 Å². The summed E-state index contributed by atoms with van der Waals surface area (Å²) in [4.78, 5) is 25.5. The van der Waals surface area contributed by atoms with Crippen LogP contribution < -0.4 is 15.8 Å². The molecule has 0 saturated carbocycles. The number of H-pyrrole nitrogens is 1. The molecule has 10 nitrogen and oxygen atoms in total. The average molecular weight is 448 g/mol. The number of nitrogens with one attached hydrogen (secondary N) is 1. The number of aromatic amines is 1. The number of alkyl halides is 1. The summed E-state index contributed by atoms with van der Waals surface area (Å²) in [6, 6.07) is 3.18. The molecule has 2 aliphatic heterocycles. The summed E-state index contributed by atoms with van der Waals surface area (Å²) in [6.45, 7) is -2.59. The zero-order valence-corrected chi connectivity index (χ0v) is 16.2. The Morgan fingerprint density at radius 1 is 1.50 bits per heavy atom. The Labute approximate surface area is 170 Å². The Kier molecular flexibility index (Phi) is 4.54. The topological polar surface area (TPSA) is 129 Å². The first kappa shape index (κ1) is 18.4. The van der Waals surface area contributed by atoms with Crippen molar-refractivity contribution in [2.45, 2.75) is 38.1 Å². The molecule has 2 aliphatic rings. The lowest BCUT2D eigenvalue weighted by molar-refractivity contribution is -0.179. The molecule has 4 atom stereocenters. The minimum absolute atomic E-state index is 0.0552. The molecule has 2 aromatic rings. The van der Waals surface area contributed by atoms with Gasteiger partial charge in [0.15, 0.2) is 6.23 Å². The third kappa shape index (κ3) is 3.96. The number of nitrogens with zero attached hydrogens (tertiary/aromatic N) is 1. The number of aliphatic hydroxyl groups excluding tert-OH is 1. The number of phosphoric acid groups is 1. The monoisotopic (exact) mass is 448 g/mol. The van der Waals surface area contributed by atoms with Crippen LogP contribution in [-0.2, 0) is 25.0 Å². The first-order chi connectivity index (χ1) is 14.8. The molecule has 0 amide bonds. The second-order valence-electron chi connectivity index (χ2n) is 6.74. The Morgan fingerprint density at radius 3 is 3.03 bits per heavy atom. The molecule has 1 aromatic heterocycles. The predicted octanol–water partition coefficient (Wildman–Crippen LogP) is 1.66. The summed E-state index contributed by atoms with van der Waals surface area (Å²) in [5.74, 6) is -4.11. The maximum absolute atomic E-state index is 15.5. The van der Waals surface area contributed by atoms with Crippen LogP contribution in [0.2, 0.25) is 0 Å². The Hall–Kier alpha value is -2.37. The van der Waals surface area contributed by atoms with Crippen LogP contribution in [0, 0.1) is 12.7 Å². The van der Waals surface area contributed by atoms with Crippen molar-refractivity contribution in [3.8, 4) is 5.75 Å². The van der Waals surface area contributed by atoms with Gasteiger partial charge in [0, 0.05) is 23.7 Å². The Morgan fingerprint density at radius 2 is 2.27 bits per heavy atom. The van der Waals surface area contributed by atoms with E-state index in [0.717, 1.165) is 24.4 Å². The van der Waals surface area contributed by atoms with Gasteiger partial charge < -0.3 is 14.4 Å². The maximum Gasteiger partial charge on any atom is 0.530 e. The lowest BCUT2D eigenvalue weighted by atomic mass is 10.2. The normalized spacial score (nSPS) is 32.1. The van der Waals surface area contributed by atoms with Crippen molar-refractivity contribution in [2.24, 2.45) is 0 Å². The van der Waals surface area contributed by atoms with Gasteiger partial charge in [-0.2, -0.15) is 0 Å². The highest BCUT2D eigenvalue weighted by atomic mass is 31.2. The zero-order valence-electron chi connectivity index (χ0n) is 17.3. The van der Waals surface area contributed by atoms with Gasteiger partial charge in [0.05, 0.1) is 9.35 Å². The van der Waals surface area contributed by atoms with Gasteiger partial charge >= 0.3 is 13.5 Å². The number of aliphatic hydroxyl groups is 1. The van der Waals surface area contributed by atoms with E-state index >= 15 is 4.39 Å². The zero-order chi connectivity index (χ0) is 23.5. The third-order valence-corrected chi connectivity index (χ3v) is 5.63. The van der Waals surface area contributed by atoms with Gasteiger partial charge in [-0.25, -0.2) is 18.1 Å². The molecule has 1 fully saturated rings. The lowest BCUT2D eigenvalue weighted by Gasteiger charge is -2.27. The molecule has 0 aliphatic carbocycles. The Balaban J connectivity index is 1.58. The van der Waals surface area contributed by atoms with Crippen LogP contribution in [-0.4, -0.2) is 33.2 Å². The molecule has 0 radical (unpaired) electrons. The number of aryl methyl sites for hydroxylation is 1. The highest BCUT2D eigenvalue weighted by Gasteiger charge is 2.50. The molecule has 2 N–H and O–H groups in total. The van der Waals surface area contributed by atoms with E-state index in [0.29, 0.717) is 4.57 Å². The van der Waals surface area contributed by atoms with Crippen LogP contribution in [0.1, 0.15) is 26.5 Å². The fourth-order valence-corrected chi connectivity index (χ4v) is 4.09. The fourth-order valence-electron chi connectivity index (χ4n) is 2.99. The molecule has 13 heteroatoms. The summed E-state index contributed by atoms with van der Waals surface area (Å²) in [6.07, 6.45) is -3.46. The lowest BCUT2D eigenvalue weighted by Crippen LogP contribution is -2.37. The van der Waals surface area contributed by atoms with Crippen molar-refractivity contribution in [1.29, 1.82) is 0 Å². The molecule has 4 rings (SSSR count). The van der Waals surface area contributed by atoms with Gasteiger partial charge in [-0.15, -0.1) is 0 Å². The molecular weight excluding hydrogens is 429 g/mol. The average Bonchev–Trinajstić information content (AvgIpc) is 3.00. The molecular formula is C17H17F2N2O8P. The van der Waals surface area contributed by atoms with Gasteiger partial charge in [-0.05, 0) is 25.1 Å². The van der Waals surface area contributed by atoms with Crippen LogP contribution in [0.3, 0.4) is 0 Å². The minimum atomic E-state index is -4.73. The van der Waals surface area contributed by atoms with Crippen LogP contribution in [0.5, 0.6) is 5.75 Å². The predicted molar refractivity (Wildman–Crippen MR) is 96.0 cm³/mol. The number of halogens is 2. The summed E-state index contributed by atoms with van der Waals surface area (Å²) in [7, 11) is -4.73. The smallest absolute Gasteiger partial charge is 0.404 e. The van der Waals surface area contributed by atoms with Crippen LogP contribution >= 0.6 is 7.82 Å². The van der Waals surface area contributed by atoms with Crippen molar-refractivity contribution < 1.29 is 39.5 Å². The summed E-state index contributed by atoms with van der Waals surface area (Å²) in [5, 5.41) is 10.2. The molecule has 30 heavy (non-hydrogen) atoms. The number of phosphoric ester groups is 1. The van der Waals surface area contributed by atoms with Crippen molar-refractivity contribution in [2.75, 3.05) is 6.56 Å². The van der Waals surface area contributed by atoms with Crippen LogP contribution in [0.15, 0.2) is 34.0 Å². The van der Waals surface area contributed by atoms with E-state index in [4.69, 9.17) is 21.0 Å². The SMILES string of the molecule is [2H]C([2H])(OP1(=O)OCc2cc(F)ccc2O1)[C@]1(F)C[C@@H](O)[C@H](n2cc(C)c(=O)[nH]c2=O)O1. The van der Waals surface area contributed by atoms with Gasteiger partial charge in [-0.1, -0.05) is 0 Å². The van der Waals surface area contributed by atoms with Gasteiger partial charge in [0.25, 0.3) is 5.56 Å². The highest BCUT2D eigenvalue weighted by molar-refractivity contribution is 7.49. The van der Waals surface area contributed by atoms with E-state index in [1.165, 1.54) is 6.92 Å². The van der Waals surface area contributed by atoms with Gasteiger partial charge in [-0.3, -0.25) is 23.4 Å². The van der Waals surface area contributed by atoms with E-state index in [-0.39, 0.29) is 16.9 Å². The number of benzene rings is 1. The van der Waals surface area contributed by atoms with E-state index < -0.39 is 62.7 Å². The summed E-state index contributed by atoms with van der Waals surface area (Å²) < 4.78 is 77.9. The van der Waals surface area contributed by atoms with Crippen LogP contribution in [0.25, 0.3) is 0 Å². The molecule has 1 unspecified atom stereocenters. The quantitative estimate of drug-likeness (QED) is 0.676. The second kappa shape index (κ2) is 7.40. The van der Waals surface area contributed by atoms with E-state index in [1.54, 1.807) is 0 Å². The minimum Gasteiger partial charge on any atom is -0.404 e. The summed E-state index contributed by atoms with van der Waals surface area (Å²) >= 11 is 0. The third-order valence-electron chi connectivity index (χ3n) is 4.45. The molecule has 1 saturated heterocycles. The molecule has 0 spiro atoms. The number of fused-ring (bicyclic) bond motifs is 1. The standard InChI is InChI=1S/C17H17F2N2O8P/c1-9-6-21(16(24)20-14(9)23)15-12(22)5-17(19,28-15)8-27-30(25)26-7-10-4-11(18)2-3-13(10)29-30/h2-4,6,12,15,22H,5,7-8H2,1H3,(H,20,23,24)/t12-,15-,17+,30?/m1/s1/i8D2. The van der Waals surface area contributed by atoms with Crippen molar-refractivity contribution in [3.05, 3.63) is 62.2 Å². The van der Waals surface area contributed by atoms with E-state index in [9.17, 15) is 23.7 Å². The highest BCUT2D eigenvalue weighted by Crippen LogP contribution is 2.55. The van der Waals surface area contributed by atoms with Crippen LogP contribution in [0.4, 0.5) is 8.78 Å². The summed E-state index contributed by atoms with van der Waals surface area (Å²) in [5.41, 5.74) is -1.49. The van der Waals surface area contributed by atoms with E-state index in [1.807, 2.05) is 4.98 Å². The van der Waals surface area contributed by atoms with Crippen molar-refractivity contribution in [3.63, 3.8) is 0 Å². The maximum atomic E-state index is 15.5.